The molecule has 0 bridgehead atoms. The van der Waals surface area contributed by atoms with E-state index in [2.05, 4.69) is 19.2 Å². The molecule has 0 heterocycles. The Labute approximate surface area is 140 Å². The highest BCUT2D eigenvalue weighted by molar-refractivity contribution is 5.95. The van der Waals surface area contributed by atoms with Crippen LogP contribution < -0.4 is 5.32 Å². The third-order valence-corrected chi connectivity index (χ3v) is 4.18. The predicted octanol–water partition coefficient (Wildman–Crippen LogP) is 3.86. The molecule has 4 heteroatoms. The molecule has 0 radical (unpaired) electrons. The minimum atomic E-state index is -0.146. The molecule has 1 N–H and O–H groups in total. The molecular formula is C19H30N2O2. The minimum absolute atomic E-state index is 0.0238. The smallest absolute Gasteiger partial charge is 0.243 e. The summed E-state index contributed by atoms with van der Waals surface area (Å²) in [5, 5.41) is 2.91. The zero-order valence-corrected chi connectivity index (χ0v) is 14.9. The van der Waals surface area contributed by atoms with Crippen LogP contribution in [0.15, 0.2) is 24.3 Å². The SMILES string of the molecule is CCCCC(CC)C(=O)N(C)CC(=O)Nc1ccccc1CC. The van der Waals surface area contributed by atoms with Gasteiger partial charge in [0.15, 0.2) is 0 Å². The summed E-state index contributed by atoms with van der Waals surface area (Å²) in [6.45, 7) is 6.31. The van der Waals surface area contributed by atoms with Crippen LogP contribution in [0.2, 0.25) is 0 Å². The number of likely N-dealkylation sites (N-methyl/N-ethyl adjacent to an activating group) is 1. The largest absolute Gasteiger partial charge is 0.336 e. The van der Waals surface area contributed by atoms with Crippen molar-refractivity contribution in [3.63, 3.8) is 0 Å². The molecular weight excluding hydrogens is 288 g/mol. The van der Waals surface area contributed by atoms with Gasteiger partial charge in [0.2, 0.25) is 11.8 Å². The summed E-state index contributed by atoms with van der Waals surface area (Å²) in [6.07, 6.45) is 4.72. The quantitative estimate of drug-likeness (QED) is 0.751. The monoisotopic (exact) mass is 318 g/mol. The van der Waals surface area contributed by atoms with Gasteiger partial charge in [0.05, 0.1) is 6.54 Å². The number of hydrogen-bond donors (Lipinski definition) is 1. The maximum atomic E-state index is 12.4. The van der Waals surface area contributed by atoms with Gasteiger partial charge in [0, 0.05) is 18.7 Å². The van der Waals surface area contributed by atoms with Crippen LogP contribution in [0.5, 0.6) is 0 Å². The Bertz CT molecular complexity index is 514. The van der Waals surface area contributed by atoms with Gasteiger partial charge in [-0.1, -0.05) is 51.8 Å². The van der Waals surface area contributed by atoms with Crippen molar-refractivity contribution in [3.05, 3.63) is 29.8 Å². The summed E-state index contributed by atoms with van der Waals surface area (Å²) >= 11 is 0. The average molecular weight is 318 g/mol. The highest BCUT2D eigenvalue weighted by atomic mass is 16.2. The van der Waals surface area contributed by atoms with Crippen LogP contribution in [0.1, 0.15) is 52.0 Å². The number of aryl methyl sites for hydroxylation is 1. The van der Waals surface area contributed by atoms with Gasteiger partial charge >= 0.3 is 0 Å². The van der Waals surface area contributed by atoms with E-state index in [9.17, 15) is 9.59 Å². The summed E-state index contributed by atoms with van der Waals surface area (Å²) in [5.74, 6) is -0.0531. The number of benzene rings is 1. The van der Waals surface area contributed by atoms with Crippen molar-refractivity contribution in [2.75, 3.05) is 18.9 Å². The van der Waals surface area contributed by atoms with E-state index in [-0.39, 0.29) is 24.3 Å². The Balaban J connectivity index is 2.60. The van der Waals surface area contributed by atoms with Gasteiger partial charge in [-0.05, 0) is 30.9 Å². The summed E-state index contributed by atoms with van der Waals surface area (Å²) in [6, 6.07) is 7.77. The molecule has 0 spiro atoms. The molecule has 1 aromatic carbocycles. The molecule has 0 aliphatic rings. The van der Waals surface area contributed by atoms with E-state index >= 15 is 0 Å². The van der Waals surface area contributed by atoms with E-state index in [0.29, 0.717) is 0 Å². The number of carbonyl (C=O) groups is 2. The Morgan fingerprint density at radius 1 is 1.17 bits per heavy atom. The van der Waals surface area contributed by atoms with Crippen molar-refractivity contribution in [1.29, 1.82) is 0 Å². The van der Waals surface area contributed by atoms with Gasteiger partial charge in [-0.3, -0.25) is 9.59 Å². The highest BCUT2D eigenvalue weighted by Gasteiger charge is 2.21. The highest BCUT2D eigenvalue weighted by Crippen LogP contribution is 2.17. The second kappa shape index (κ2) is 10.0. The van der Waals surface area contributed by atoms with Crippen LogP contribution in [0.25, 0.3) is 0 Å². The van der Waals surface area contributed by atoms with Crippen molar-refractivity contribution in [1.82, 2.24) is 4.90 Å². The second-order valence-corrected chi connectivity index (χ2v) is 6.00. The van der Waals surface area contributed by atoms with Crippen molar-refractivity contribution in [2.45, 2.75) is 52.9 Å². The number of anilines is 1. The van der Waals surface area contributed by atoms with Gasteiger partial charge in [0.25, 0.3) is 0 Å². The van der Waals surface area contributed by atoms with Crippen LogP contribution in [0, 0.1) is 5.92 Å². The van der Waals surface area contributed by atoms with Gasteiger partial charge in [-0.2, -0.15) is 0 Å². The number of amides is 2. The van der Waals surface area contributed by atoms with Crippen molar-refractivity contribution >= 4 is 17.5 Å². The van der Waals surface area contributed by atoms with E-state index in [0.717, 1.165) is 43.4 Å². The zero-order valence-electron chi connectivity index (χ0n) is 14.9. The summed E-state index contributed by atoms with van der Waals surface area (Å²) in [4.78, 5) is 26.2. The fourth-order valence-corrected chi connectivity index (χ4v) is 2.70. The van der Waals surface area contributed by atoms with E-state index < -0.39 is 0 Å². The molecule has 1 aromatic rings. The molecule has 1 atom stereocenters. The van der Waals surface area contributed by atoms with E-state index in [1.54, 1.807) is 11.9 Å². The summed E-state index contributed by atoms with van der Waals surface area (Å²) in [7, 11) is 1.71. The first-order chi connectivity index (χ1) is 11.0. The fraction of sp³-hybridized carbons (Fsp3) is 0.579. The lowest BCUT2D eigenvalue weighted by atomic mass is 9.98. The number of nitrogens with zero attached hydrogens (tertiary/aromatic N) is 1. The van der Waals surface area contributed by atoms with Crippen molar-refractivity contribution < 1.29 is 9.59 Å². The molecule has 0 aromatic heterocycles. The van der Waals surface area contributed by atoms with Crippen LogP contribution in [0.4, 0.5) is 5.69 Å². The molecule has 128 valence electrons. The molecule has 0 aliphatic heterocycles. The third-order valence-electron chi connectivity index (χ3n) is 4.18. The molecule has 4 nitrogen and oxygen atoms in total. The lowest BCUT2D eigenvalue weighted by Gasteiger charge is -2.22. The Morgan fingerprint density at radius 3 is 2.48 bits per heavy atom. The van der Waals surface area contributed by atoms with Crippen LogP contribution in [-0.4, -0.2) is 30.3 Å². The standard InChI is InChI=1S/C19H30N2O2/c1-5-8-11-16(7-3)19(23)21(4)14-18(22)20-17-13-10-9-12-15(17)6-2/h9-10,12-13,16H,5-8,11,14H2,1-4H3,(H,20,22). The average Bonchev–Trinajstić information content (AvgIpc) is 2.55. The molecule has 2 amide bonds. The molecule has 0 aliphatic carbocycles. The van der Waals surface area contributed by atoms with Crippen LogP contribution in [-0.2, 0) is 16.0 Å². The first kappa shape index (κ1) is 19.2. The first-order valence-electron chi connectivity index (χ1n) is 8.66. The summed E-state index contributed by atoms with van der Waals surface area (Å²) in [5.41, 5.74) is 1.93. The summed E-state index contributed by atoms with van der Waals surface area (Å²) < 4.78 is 0. The van der Waals surface area contributed by atoms with Crippen LogP contribution >= 0.6 is 0 Å². The van der Waals surface area contributed by atoms with E-state index in [1.807, 2.05) is 31.2 Å². The lowest BCUT2D eigenvalue weighted by Crippen LogP contribution is -2.38. The number of carbonyl (C=O) groups excluding carboxylic acids is 2. The number of hydrogen-bond acceptors (Lipinski definition) is 2. The first-order valence-corrected chi connectivity index (χ1v) is 8.66. The number of para-hydroxylation sites is 1. The normalized spacial score (nSPS) is 11.8. The minimum Gasteiger partial charge on any atom is -0.336 e. The number of rotatable bonds is 9. The molecule has 0 saturated heterocycles. The molecule has 23 heavy (non-hydrogen) atoms. The van der Waals surface area contributed by atoms with Crippen LogP contribution in [0.3, 0.4) is 0 Å². The van der Waals surface area contributed by atoms with E-state index in [4.69, 9.17) is 0 Å². The topological polar surface area (TPSA) is 49.4 Å². The second-order valence-electron chi connectivity index (χ2n) is 6.00. The number of nitrogens with one attached hydrogen (secondary N) is 1. The molecule has 0 saturated carbocycles. The Hall–Kier alpha value is -1.84. The maximum Gasteiger partial charge on any atom is 0.243 e. The lowest BCUT2D eigenvalue weighted by molar-refractivity contribution is -0.137. The maximum absolute atomic E-state index is 12.4. The molecule has 0 fully saturated rings. The van der Waals surface area contributed by atoms with Gasteiger partial charge < -0.3 is 10.2 Å². The Kier molecular flexibility index (Phi) is 8.38. The zero-order chi connectivity index (χ0) is 17.2. The van der Waals surface area contributed by atoms with Gasteiger partial charge in [-0.25, -0.2) is 0 Å². The van der Waals surface area contributed by atoms with Gasteiger partial charge in [-0.15, -0.1) is 0 Å². The fourth-order valence-electron chi connectivity index (χ4n) is 2.70. The molecule has 1 rings (SSSR count). The Morgan fingerprint density at radius 2 is 1.87 bits per heavy atom. The number of unbranched alkanes of at least 4 members (excludes halogenated alkanes) is 1. The van der Waals surface area contributed by atoms with Crippen molar-refractivity contribution in [2.24, 2.45) is 5.92 Å². The van der Waals surface area contributed by atoms with Crippen molar-refractivity contribution in [3.8, 4) is 0 Å². The van der Waals surface area contributed by atoms with Gasteiger partial charge in [0.1, 0.15) is 0 Å². The molecule has 1 unspecified atom stereocenters. The third kappa shape index (κ3) is 6.05. The van der Waals surface area contributed by atoms with E-state index in [1.165, 1.54) is 0 Å². The predicted molar refractivity (Wildman–Crippen MR) is 95.4 cm³/mol.